The molecule has 0 aliphatic carbocycles. The molecule has 0 rings (SSSR count). The molecule has 0 radical (unpaired) electrons. The Morgan fingerprint density at radius 1 is 1.50 bits per heavy atom. The minimum Gasteiger partial charge on any atom is -0.480 e. The molecule has 4 nitrogen and oxygen atoms in total. The lowest BCUT2D eigenvalue weighted by atomic mass is 10.5. The van der Waals surface area contributed by atoms with E-state index in [2.05, 4.69) is 0 Å². The van der Waals surface area contributed by atoms with Crippen LogP contribution >= 0.6 is 11.8 Å². The van der Waals surface area contributed by atoms with Gasteiger partial charge in [-0.25, -0.2) is 0 Å². The lowest BCUT2D eigenvalue weighted by Crippen LogP contribution is -2.25. The largest absolute Gasteiger partial charge is 0.480 e. The molecule has 0 saturated carbocycles. The van der Waals surface area contributed by atoms with Crippen LogP contribution in [0.15, 0.2) is 0 Å². The van der Waals surface area contributed by atoms with E-state index in [1.807, 2.05) is 0 Å². The van der Waals surface area contributed by atoms with Gasteiger partial charge >= 0.3 is 5.97 Å². The third-order valence-electron chi connectivity index (χ3n) is 1.30. The molecule has 1 unspecified atom stereocenters. The van der Waals surface area contributed by atoms with Crippen LogP contribution in [-0.2, 0) is 9.59 Å². The van der Waals surface area contributed by atoms with Crippen molar-refractivity contribution >= 4 is 23.6 Å². The van der Waals surface area contributed by atoms with Gasteiger partial charge in [-0.3, -0.25) is 9.59 Å². The summed E-state index contributed by atoms with van der Waals surface area (Å²) in [6, 6.07) is 0. The van der Waals surface area contributed by atoms with Gasteiger partial charge in [0.25, 0.3) is 0 Å². The molecule has 0 saturated heterocycles. The highest BCUT2D eigenvalue weighted by Gasteiger charge is 2.13. The van der Waals surface area contributed by atoms with E-state index in [9.17, 15) is 9.59 Å². The minimum atomic E-state index is -0.883. The second-order valence-electron chi connectivity index (χ2n) is 2.58. The van der Waals surface area contributed by atoms with Crippen molar-refractivity contribution in [1.29, 1.82) is 0 Å². The summed E-state index contributed by atoms with van der Waals surface area (Å²) in [5, 5.41) is 7.97. The zero-order chi connectivity index (χ0) is 9.72. The van der Waals surface area contributed by atoms with Crippen molar-refractivity contribution in [2.75, 3.05) is 19.8 Å². The van der Waals surface area contributed by atoms with Crippen LogP contribution in [0.5, 0.6) is 0 Å². The van der Waals surface area contributed by atoms with E-state index in [4.69, 9.17) is 5.11 Å². The molecule has 0 aliphatic rings. The first-order chi connectivity index (χ1) is 5.45. The first kappa shape index (κ1) is 11.3. The smallest absolute Gasteiger partial charge is 0.316 e. The molecule has 0 aromatic rings. The number of hydrogen-bond donors (Lipinski definition) is 1. The van der Waals surface area contributed by atoms with Crippen LogP contribution in [0, 0.1) is 0 Å². The van der Waals surface area contributed by atoms with Crippen LogP contribution in [0.3, 0.4) is 0 Å². The number of carboxylic acids is 1. The average Bonchev–Trinajstić information content (AvgIpc) is 1.98. The molecule has 0 spiro atoms. The Balaban J connectivity index is 3.69. The van der Waals surface area contributed by atoms with Crippen molar-refractivity contribution in [2.45, 2.75) is 12.2 Å². The summed E-state index contributed by atoms with van der Waals surface area (Å²) in [5.74, 6) is -0.722. The first-order valence-electron chi connectivity index (χ1n) is 3.49. The van der Waals surface area contributed by atoms with E-state index < -0.39 is 11.2 Å². The Labute approximate surface area is 75.9 Å². The number of carboxylic acid groups (broad SMARTS) is 1. The van der Waals surface area contributed by atoms with Crippen LogP contribution in [0.25, 0.3) is 0 Å². The Kier molecular flexibility index (Phi) is 4.73. The molecule has 70 valence electrons. The van der Waals surface area contributed by atoms with E-state index in [0.29, 0.717) is 0 Å². The third kappa shape index (κ3) is 4.23. The SMILES string of the molecule is CC(SCC(=O)N(C)C)C(=O)O. The van der Waals surface area contributed by atoms with Crippen molar-refractivity contribution in [3.05, 3.63) is 0 Å². The molecule has 0 heterocycles. The highest BCUT2D eigenvalue weighted by atomic mass is 32.2. The summed E-state index contributed by atoms with van der Waals surface area (Å²) in [6.45, 7) is 1.57. The molecular weight excluding hydrogens is 178 g/mol. The maximum Gasteiger partial charge on any atom is 0.316 e. The number of carbonyl (C=O) groups is 2. The van der Waals surface area contributed by atoms with Gasteiger partial charge in [-0.05, 0) is 6.92 Å². The summed E-state index contributed by atoms with van der Waals surface area (Å²) in [4.78, 5) is 22.8. The average molecular weight is 191 g/mol. The summed E-state index contributed by atoms with van der Waals surface area (Å²) in [6.07, 6.45) is 0. The monoisotopic (exact) mass is 191 g/mol. The second kappa shape index (κ2) is 5.03. The second-order valence-corrected chi connectivity index (χ2v) is 3.91. The molecule has 1 atom stereocenters. The van der Waals surface area contributed by atoms with Crippen LogP contribution in [0.1, 0.15) is 6.92 Å². The predicted molar refractivity (Wildman–Crippen MR) is 48.2 cm³/mol. The highest BCUT2D eigenvalue weighted by molar-refractivity contribution is 8.01. The van der Waals surface area contributed by atoms with Crippen LogP contribution < -0.4 is 0 Å². The van der Waals surface area contributed by atoms with Gasteiger partial charge in [-0.2, -0.15) is 0 Å². The molecule has 0 aromatic heterocycles. The van der Waals surface area contributed by atoms with Crippen molar-refractivity contribution in [3.8, 4) is 0 Å². The quantitative estimate of drug-likeness (QED) is 0.693. The fourth-order valence-corrected chi connectivity index (χ4v) is 1.19. The van der Waals surface area contributed by atoms with Crippen molar-refractivity contribution in [1.82, 2.24) is 4.90 Å². The van der Waals surface area contributed by atoms with Gasteiger partial charge in [0.1, 0.15) is 0 Å². The third-order valence-corrected chi connectivity index (χ3v) is 2.42. The normalized spacial score (nSPS) is 12.2. The number of rotatable bonds is 4. The van der Waals surface area contributed by atoms with Crippen molar-refractivity contribution < 1.29 is 14.7 Å². The molecule has 1 N–H and O–H groups in total. The lowest BCUT2D eigenvalue weighted by molar-refractivity contribution is -0.136. The van der Waals surface area contributed by atoms with Gasteiger partial charge in [0.2, 0.25) is 5.91 Å². The predicted octanol–water partition coefficient (Wildman–Crippen LogP) is 0.281. The molecule has 0 bridgehead atoms. The zero-order valence-electron chi connectivity index (χ0n) is 7.40. The number of nitrogens with zero attached hydrogens (tertiary/aromatic N) is 1. The first-order valence-corrected chi connectivity index (χ1v) is 4.54. The van der Waals surface area contributed by atoms with Gasteiger partial charge < -0.3 is 10.0 Å². The fraction of sp³-hybridized carbons (Fsp3) is 0.714. The lowest BCUT2D eigenvalue weighted by Gasteiger charge is -2.10. The van der Waals surface area contributed by atoms with Crippen molar-refractivity contribution in [2.24, 2.45) is 0 Å². The van der Waals surface area contributed by atoms with Crippen LogP contribution in [-0.4, -0.2) is 47.0 Å². The Bertz CT molecular complexity index is 181. The molecule has 0 aromatic carbocycles. The number of aliphatic carboxylic acids is 1. The van der Waals surface area contributed by atoms with Gasteiger partial charge in [-0.1, -0.05) is 0 Å². The van der Waals surface area contributed by atoms with Crippen LogP contribution in [0.4, 0.5) is 0 Å². The molecule has 0 aliphatic heterocycles. The Morgan fingerprint density at radius 3 is 2.33 bits per heavy atom. The van der Waals surface area contributed by atoms with Gasteiger partial charge in [0.15, 0.2) is 0 Å². The molecule has 1 amide bonds. The number of amides is 1. The topological polar surface area (TPSA) is 57.6 Å². The maximum absolute atomic E-state index is 11.0. The molecule has 0 fully saturated rings. The number of carbonyl (C=O) groups excluding carboxylic acids is 1. The summed E-state index contributed by atoms with van der Waals surface area (Å²) in [7, 11) is 3.29. The molecular formula is C7H13NO3S. The summed E-state index contributed by atoms with van der Waals surface area (Å²) in [5.41, 5.74) is 0. The van der Waals surface area contributed by atoms with E-state index in [1.54, 1.807) is 21.0 Å². The Morgan fingerprint density at radius 2 is 2.00 bits per heavy atom. The highest BCUT2D eigenvalue weighted by Crippen LogP contribution is 2.10. The zero-order valence-corrected chi connectivity index (χ0v) is 8.22. The van der Waals surface area contributed by atoms with Crippen molar-refractivity contribution in [3.63, 3.8) is 0 Å². The van der Waals surface area contributed by atoms with E-state index in [-0.39, 0.29) is 11.7 Å². The Hall–Kier alpha value is -0.710. The maximum atomic E-state index is 11.0. The number of thioether (sulfide) groups is 1. The van der Waals surface area contributed by atoms with E-state index >= 15 is 0 Å². The number of hydrogen-bond acceptors (Lipinski definition) is 3. The van der Waals surface area contributed by atoms with Gasteiger partial charge in [-0.15, -0.1) is 11.8 Å². The standard InChI is InChI=1S/C7H13NO3S/c1-5(7(10)11)12-4-6(9)8(2)3/h5H,4H2,1-3H3,(H,10,11). The van der Waals surface area contributed by atoms with E-state index in [0.717, 1.165) is 11.8 Å². The van der Waals surface area contributed by atoms with Gasteiger partial charge in [0.05, 0.1) is 11.0 Å². The molecule has 12 heavy (non-hydrogen) atoms. The van der Waals surface area contributed by atoms with E-state index in [1.165, 1.54) is 4.90 Å². The fourth-order valence-electron chi connectivity index (χ4n) is 0.397. The molecule has 5 heteroatoms. The van der Waals surface area contributed by atoms with Crippen LogP contribution in [0.2, 0.25) is 0 Å². The summed E-state index contributed by atoms with van der Waals surface area (Å²) < 4.78 is 0. The minimum absolute atomic E-state index is 0.0619. The summed E-state index contributed by atoms with van der Waals surface area (Å²) >= 11 is 1.13. The van der Waals surface area contributed by atoms with Gasteiger partial charge in [0, 0.05) is 14.1 Å².